The van der Waals surface area contributed by atoms with Crippen molar-refractivity contribution in [2.24, 2.45) is 11.0 Å². The minimum atomic E-state index is 0.370. The summed E-state index contributed by atoms with van der Waals surface area (Å²) in [6, 6.07) is 17.9. The summed E-state index contributed by atoms with van der Waals surface area (Å²) in [5, 5.41) is 7.54. The second-order valence-corrected chi connectivity index (χ2v) is 8.63. The lowest BCUT2D eigenvalue weighted by molar-refractivity contribution is 0.209. The average Bonchev–Trinajstić information content (AvgIpc) is 3.03. The smallest absolute Gasteiger partial charge is 0.0814 e. The van der Waals surface area contributed by atoms with E-state index < -0.39 is 0 Å². The number of hydrogen-bond acceptors (Lipinski definition) is 3. The standard InChI is InChI=1S/C24H28N2S/c1-4-13-26-24(21-12-8-6-10-18(21)3)22-16-27-15-20(23(22)25-26)14-19-11-7-5-9-17(19)2/h5-12,14,22,24H,4,13,15-16H2,1-3H3. The molecule has 2 heterocycles. The first-order valence-electron chi connectivity index (χ1n) is 9.94. The summed E-state index contributed by atoms with van der Waals surface area (Å²) in [4.78, 5) is 0. The normalized spacial score (nSPS) is 23.4. The highest BCUT2D eigenvalue weighted by atomic mass is 32.2. The Hall–Kier alpha value is -2.00. The van der Waals surface area contributed by atoms with Crippen LogP contribution in [0.25, 0.3) is 6.08 Å². The van der Waals surface area contributed by atoms with Gasteiger partial charge in [-0.05, 0) is 54.2 Å². The number of nitrogens with zero attached hydrogens (tertiary/aromatic N) is 2. The van der Waals surface area contributed by atoms with Crippen LogP contribution in [0.4, 0.5) is 0 Å². The number of hydrazone groups is 1. The molecular weight excluding hydrogens is 348 g/mol. The summed E-state index contributed by atoms with van der Waals surface area (Å²) in [5.41, 5.74) is 8.18. The van der Waals surface area contributed by atoms with Gasteiger partial charge < -0.3 is 0 Å². The minimum Gasteiger partial charge on any atom is -0.289 e. The predicted molar refractivity (Wildman–Crippen MR) is 118 cm³/mol. The van der Waals surface area contributed by atoms with Crippen LogP contribution in [0.3, 0.4) is 0 Å². The van der Waals surface area contributed by atoms with E-state index >= 15 is 0 Å². The van der Waals surface area contributed by atoms with Crippen molar-refractivity contribution in [3.8, 4) is 0 Å². The highest BCUT2D eigenvalue weighted by Crippen LogP contribution is 2.44. The largest absolute Gasteiger partial charge is 0.289 e. The highest BCUT2D eigenvalue weighted by Gasteiger charge is 2.41. The fourth-order valence-electron chi connectivity index (χ4n) is 4.24. The Bertz CT molecular complexity index is 883. The first-order valence-corrected chi connectivity index (χ1v) is 11.1. The van der Waals surface area contributed by atoms with Gasteiger partial charge in [-0.3, -0.25) is 5.01 Å². The van der Waals surface area contributed by atoms with Crippen LogP contribution in [-0.2, 0) is 0 Å². The average molecular weight is 377 g/mol. The van der Waals surface area contributed by atoms with Crippen molar-refractivity contribution >= 4 is 23.5 Å². The van der Waals surface area contributed by atoms with Crippen LogP contribution < -0.4 is 0 Å². The Kier molecular flexibility index (Phi) is 5.40. The van der Waals surface area contributed by atoms with Gasteiger partial charge in [0.25, 0.3) is 0 Å². The molecule has 2 nitrogen and oxygen atoms in total. The van der Waals surface area contributed by atoms with Gasteiger partial charge in [0.1, 0.15) is 0 Å². The van der Waals surface area contributed by atoms with Gasteiger partial charge in [0, 0.05) is 24.0 Å². The lowest BCUT2D eigenvalue weighted by Gasteiger charge is -2.31. The first kappa shape index (κ1) is 18.4. The zero-order valence-corrected chi connectivity index (χ0v) is 17.3. The van der Waals surface area contributed by atoms with Crippen LogP contribution in [0.2, 0.25) is 0 Å². The summed E-state index contributed by atoms with van der Waals surface area (Å²) in [5.74, 6) is 2.69. The second-order valence-electron chi connectivity index (χ2n) is 7.60. The van der Waals surface area contributed by atoms with E-state index in [4.69, 9.17) is 5.10 Å². The molecule has 0 aliphatic carbocycles. The summed E-state index contributed by atoms with van der Waals surface area (Å²) < 4.78 is 0. The topological polar surface area (TPSA) is 15.6 Å². The molecule has 27 heavy (non-hydrogen) atoms. The van der Waals surface area contributed by atoms with E-state index in [1.165, 1.54) is 33.5 Å². The number of hydrogen-bond donors (Lipinski definition) is 0. The van der Waals surface area contributed by atoms with Crippen molar-refractivity contribution in [2.45, 2.75) is 33.2 Å². The van der Waals surface area contributed by atoms with Gasteiger partial charge in [0.15, 0.2) is 0 Å². The molecule has 1 saturated heterocycles. The van der Waals surface area contributed by atoms with Crippen LogP contribution in [0.1, 0.15) is 41.6 Å². The molecule has 140 valence electrons. The molecule has 1 fully saturated rings. The van der Waals surface area contributed by atoms with E-state index in [9.17, 15) is 0 Å². The van der Waals surface area contributed by atoms with Gasteiger partial charge in [-0.1, -0.05) is 55.5 Å². The summed E-state index contributed by atoms with van der Waals surface area (Å²) in [6.07, 6.45) is 3.49. The summed E-state index contributed by atoms with van der Waals surface area (Å²) >= 11 is 2.05. The third-order valence-corrected chi connectivity index (χ3v) is 6.76. The zero-order chi connectivity index (χ0) is 18.8. The number of benzene rings is 2. The van der Waals surface area contributed by atoms with Crippen LogP contribution in [0.5, 0.6) is 0 Å². The van der Waals surface area contributed by atoms with E-state index in [-0.39, 0.29) is 0 Å². The van der Waals surface area contributed by atoms with Gasteiger partial charge in [-0.25, -0.2) is 0 Å². The lowest BCUT2D eigenvalue weighted by atomic mass is 9.86. The molecule has 0 N–H and O–H groups in total. The van der Waals surface area contributed by atoms with Crippen molar-refractivity contribution in [1.82, 2.24) is 5.01 Å². The van der Waals surface area contributed by atoms with Gasteiger partial charge >= 0.3 is 0 Å². The number of rotatable bonds is 4. The van der Waals surface area contributed by atoms with Gasteiger partial charge in [0.05, 0.1) is 11.8 Å². The van der Waals surface area contributed by atoms with Crippen LogP contribution in [0.15, 0.2) is 59.2 Å². The molecular formula is C24H28N2S. The third-order valence-electron chi connectivity index (χ3n) is 5.65. The molecule has 2 unspecified atom stereocenters. The molecule has 2 aliphatic heterocycles. The maximum atomic E-state index is 5.17. The van der Waals surface area contributed by atoms with Crippen molar-refractivity contribution in [2.75, 3.05) is 18.1 Å². The third kappa shape index (κ3) is 3.58. The molecule has 0 radical (unpaired) electrons. The van der Waals surface area contributed by atoms with Crippen LogP contribution in [0, 0.1) is 19.8 Å². The molecule has 0 amide bonds. The summed E-state index contributed by atoms with van der Waals surface area (Å²) in [6.45, 7) is 7.69. The Balaban J connectivity index is 1.74. The lowest BCUT2D eigenvalue weighted by Crippen LogP contribution is -2.31. The van der Waals surface area contributed by atoms with E-state index in [1.54, 1.807) is 0 Å². The zero-order valence-electron chi connectivity index (χ0n) is 16.5. The molecule has 2 aliphatic rings. The highest BCUT2D eigenvalue weighted by molar-refractivity contribution is 7.99. The van der Waals surface area contributed by atoms with Gasteiger partial charge in [-0.15, -0.1) is 0 Å². The van der Waals surface area contributed by atoms with Crippen molar-refractivity contribution in [3.05, 3.63) is 76.4 Å². The van der Waals surface area contributed by atoms with E-state index in [2.05, 4.69) is 92.1 Å². The molecule has 0 saturated carbocycles. The molecule has 0 aromatic heterocycles. The predicted octanol–water partition coefficient (Wildman–Crippen LogP) is 5.87. The second kappa shape index (κ2) is 7.93. The van der Waals surface area contributed by atoms with Crippen LogP contribution in [-0.4, -0.2) is 28.8 Å². The van der Waals surface area contributed by atoms with E-state index in [1.807, 2.05) is 0 Å². The Morgan fingerprint density at radius 3 is 2.56 bits per heavy atom. The Morgan fingerprint density at radius 2 is 1.81 bits per heavy atom. The molecule has 0 bridgehead atoms. The van der Waals surface area contributed by atoms with Crippen molar-refractivity contribution in [3.63, 3.8) is 0 Å². The Morgan fingerprint density at radius 1 is 1.07 bits per heavy atom. The molecule has 2 aromatic rings. The SMILES string of the molecule is CCCN1N=C2C(=Cc3ccccc3C)CSCC2C1c1ccccc1C. The Labute approximate surface area is 167 Å². The summed E-state index contributed by atoms with van der Waals surface area (Å²) in [7, 11) is 0. The molecule has 3 heteroatoms. The maximum Gasteiger partial charge on any atom is 0.0814 e. The monoisotopic (exact) mass is 376 g/mol. The van der Waals surface area contributed by atoms with Gasteiger partial charge in [-0.2, -0.15) is 16.9 Å². The molecule has 2 aromatic carbocycles. The maximum absolute atomic E-state index is 5.17. The fraction of sp³-hybridized carbons (Fsp3) is 0.375. The fourth-order valence-corrected chi connectivity index (χ4v) is 5.40. The van der Waals surface area contributed by atoms with Crippen molar-refractivity contribution in [1.29, 1.82) is 0 Å². The van der Waals surface area contributed by atoms with E-state index in [0.29, 0.717) is 12.0 Å². The first-order chi connectivity index (χ1) is 13.2. The molecule has 0 spiro atoms. The number of thioether (sulfide) groups is 1. The quantitative estimate of drug-likeness (QED) is 0.663. The molecule has 2 atom stereocenters. The minimum absolute atomic E-state index is 0.370. The van der Waals surface area contributed by atoms with Crippen LogP contribution >= 0.6 is 11.8 Å². The number of aryl methyl sites for hydroxylation is 2. The number of fused-ring (bicyclic) bond motifs is 1. The van der Waals surface area contributed by atoms with Gasteiger partial charge in [0.2, 0.25) is 0 Å². The molecule has 4 rings (SSSR count). The van der Waals surface area contributed by atoms with Crippen molar-refractivity contribution < 1.29 is 0 Å². The van der Waals surface area contributed by atoms with E-state index in [0.717, 1.165) is 24.5 Å².